The van der Waals surface area contributed by atoms with E-state index in [0.717, 1.165) is 17.8 Å². The van der Waals surface area contributed by atoms with Crippen LogP contribution in [-0.2, 0) is 6.54 Å². The van der Waals surface area contributed by atoms with Crippen molar-refractivity contribution in [1.29, 1.82) is 0 Å². The summed E-state index contributed by atoms with van der Waals surface area (Å²) in [4.78, 5) is 30.7. The lowest BCUT2D eigenvalue weighted by atomic mass is 9.95. The molecule has 1 saturated heterocycles. The van der Waals surface area contributed by atoms with Crippen molar-refractivity contribution in [1.82, 2.24) is 9.88 Å². The molecule has 2 heterocycles. The summed E-state index contributed by atoms with van der Waals surface area (Å²) in [6.07, 6.45) is 0.568. The van der Waals surface area contributed by atoms with Crippen molar-refractivity contribution in [3.8, 4) is 0 Å². The highest BCUT2D eigenvalue weighted by Gasteiger charge is 2.49. The van der Waals surface area contributed by atoms with Crippen molar-refractivity contribution in [2.75, 3.05) is 31.5 Å². The first-order valence-corrected chi connectivity index (χ1v) is 11.6. The van der Waals surface area contributed by atoms with Crippen LogP contribution in [0.4, 0.5) is 10.5 Å². The molecule has 1 aliphatic heterocycles. The molecule has 0 aliphatic carbocycles. The summed E-state index contributed by atoms with van der Waals surface area (Å²) in [5, 5.41) is 15.2. The van der Waals surface area contributed by atoms with Crippen LogP contribution in [0, 0.1) is 0 Å². The maximum absolute atomic E-state index is 12.3. The van der Waals surface area contributed by atoms with Gasteiger partial charge in [0.15, 0.2) is 5.78 Å². The second-order valence-corrected chi connectivity index (χ2v) is 10.3. The third-order valence-corrected chi connectivity index (χ3v) is 6.90. The predicted molar refractivity (Wildman–Crippen MR) is 126 cm³/mol. The van der Waals surface area contributed by atoms with Gasteiger partial charge in [-0.05, 0) is 73.5 Å². The Kier molecular flexibility index (Phi) is 7.37. The average molecular weight is 503 g/mol. The Morgan fingerprint density at radius 3 is 2.44 bits per heavy atom. The quantitative estimate of drug-likeness (QED) is 0.370. The number of Topliss-reactive ketones (excluding diaryl/α,β-unsaturated/α-hetero) is 1. The fraction of sp³-hybridized carbons (Fsp3) is 0.458. The number of nitrogens with one attached hydrogen (secondary N) is 1. The van der Waals surface area contributed by atoms with Gasteiger partial charge in [-0.25, -0.2) is 4.98 Å². The van der Waals surface area contributed by atoms with Crippen molar-refractivity contribution in [3.05, 3.63) is 58.3 Å². The van der Waals surface area contributed by atoms with Crippen molar-refractivity contribution in [2.45, 2.75) is 45.8 Å². The molecule has 0 spiro atoms. The second kappa shape index (κ2) is 9.68. The molecule has 0 radical (unpaired) electrons. The van der Waals surface area contributed by atoms with Crippen LogP contribution in [0.15, 0.2) is 47.2 Å². The van der Waals surface area contributed by atoms with Gasteiger partial charge >= 0.3 is 0 Å². The number of ketones is 1. The van der Waals surface area contributed by atoms with E-state index in [1.54, 1.807) is 18.3 Å². The van der Waals surface area contributed by atoms with Crippen LogP contribution in [0.25, 0.3) is 0 Å². The minimum Gasteiger partial charge on any atom is -0.498 e. The standard InChI is InChI=1S/C24H31BrN4O3/c1-17-15-28(11-12-29(17,23(31)32)24(2,3)4)16-18-5-8-20(9-6-18)26-14-21(30)19-7-10-22(25)27-13-19/h5-10,13,17,26H,11-12,14-16H2,1-4H3/t17-,29?/m0/s1. The summed E-state index contributed by atoms with van der Waals surface area (Å²) in [7, 11) is 0. The van der Waals surface area contributed by atoms with Crippen molar-refractivity contribution in [3.63, 3.8) is 0 Å². The van der Waals surface area contributed by atoms with Gasteiger partial charge in [0.25, 0.3) is 6.09 Å². The summed E-state index contributed by atoms with van der Waals surface area (Å²) in [6, 6.07) is 11.4. The number of halogens is 1. The summed E-state index contributed by atoms with van der Waals surface area (Å²) < 4.78 is 0.678. The number of aromatic nitrogens is 1. The number of nitrogens with zero attached hydrogens (tertiary/aromatic N) is 3. The molecule has 0 bridgehead atoms. The first kappa shape index (κ1) is 24.4. The number of pyridine rings is 1. The molecule has 2 aromatic rings. The van der Waals surface area contributed by atoms with Gasteiger partial charge in [-0.15, -0.1) is 0 Å². The first-order chi connectivity index (χ1) is 15.0. The SMILES string of the molecule is C[C@H]1CN(Cc2ccc(NCC(=O)c3ccc(Br)nc3)cc2)CC[N+]1(C(=O)[O-])C(C)(C)C. The van der Waals surface area contributed by atoms with E-state index in [9.17, 15) is 14.7 Å². The van der Waals surface area contributed by atoms with E-state index < -0.39 is 11.6 Å². The molecule has 172 valence electrons. The molecule has 1 aromatic heterocycles. The minimum atomic E-state index is -0.992. The zero-order valence-corrected chi connectivity index (χ0v) is 20.7. The molecule has 1 unspecified atom stereocenters. The minimum absolute atomic E-state index is 0.0196. The van der Waals surface area contributed by atoms with Crippen molar-refractivity contribution < 1.29 is 19.2 Å². The highest BCUT2D eigenvalue weighted by molar-refractivity contribution is 9.10. The number of carbonyl (C=O) groups is 2. The Bertz CT molecular complexity index is 957. The molecule has 1 amide bonds. The molecule has 0 saturated carbocycles. The zero-order chi connectivity index (χ0) is 23.5. The molecule has 7 nitrogen and oxygen atoms in total. The largest absolute Gasteiger partial charge is 0.498 e. The highest BCUT2D eigenvalue weighted by atomic mass is 79.9. The van der Waals surface area contributed by atoms with Crippen LogP contribution in [0.5, 0.6) is 0 Å². The van der Waals surface area contributed by atoms with E-state index in [4.69, 9.17) is 0 Å². The number of hydrogen-bond acceptors (Lipinski definition) is 6. The lowest BCUT2D eigenvalue weighted by molar-refractivity contribution is -0.943. The lowest BCUT2D eigenvalue weighted by Crippen LogP contribution is -2.76. The van der Waals surface area contributed by atoms with Crippen LogP contribution in [0.3, 0.4) is 0 Å². The number of piperazine rings is 1. The van der Waals surface area contributed by atoms with Crippen molar-refractivity contribution in [2.24, 2.45) is 0 Å². The number of quaternary nitrogens is 1. The number of amides is 1. The Hall–Kier alpha value is -2.29. The van der Waals surface area contributed by atoms with Gasteiger partial charge in [-0.2, -0.15) is 0 Å². The van der Waals surface area contributed by atoms with E-state index >= 15 is 0 Å². The van der Waals surface area contributed by atoms with E-state index in [2.05, 4.69) is 31.1 Å². The molecule has 32 heavy (non-hydrogen) atoms. The van der Waals surface area contributed by atoms with E-state index in [-0.39, 0.29) is 22.9 Å². The van der Waals surface area contributed by atoms with E-state index in [0.29, 0.717) is 29.8 Å². The Morgan fingerprint density at radius 2 is 1.91 bits per heavy atom. The molecule has 2 atom stereocenters. The zero-order valence-electron chi connectivity index (χ0n) is 19.1. The molecule has 8 heteroatoms. The van der Waals surface area contributed by atoms with Gasteiger partial charge in [0.1, 0.15) is 10.6 Å². The van der Waals surface area contributed by atoms with Crippen LogP contribution in [0.2, 0.25) is 0 Å². The second-order valence-electron chi connectivity index (χ2n) is 9.46. The van der Waals surface area contributed by atoms with Crippen molar-refractivity contribution >= 4 is 33.5 Å². The number of hydrogen-bond donors (Lipinski definition) is 1. The normalized spacial score (nSPS) is 21.8. The Labute approximate surface area is 198 Å². The fourth-order valence-corrected chi connectivity index (χ4v) is 4.86. The van der Waals surface area contributed by atoms with Gasteiger partial charge in [0, 0.05) is 30.5 Å². The predicted octanol–water partition coefficient (Wildman–Crippen LogP) is 3.30. The molecular weight excluding hydrogens is 472 g/mol. The first-order valence-electron chi connectivity index (χ1n) is 10.8. The molecule has 1 fully saturated rings. The number of anilines is 1. The summed E-state index contributed by atoms with van der Waals surface area (Å²) in [5.41, 5.74) is 2.18. The average Bonchev–Trinajstić information content (AvgIpc) is 2.72. The van der Waals surface area contributed by atoms with Gasteiger partial charge in [-0.3, -0.25) is 14.2 Å². The molecular formula is C24H31BrN4O3. The van der Waals surface area contributed by atoms with Gasteiger partial charge in [-0.1, -0.05) is 12.1 Å². The highest BCUT2D eigenvalue weighted by Crippen LogP contribution is 2.32. The summed E-state index contributed by atoms with van der Waals surface area (Å²) in [6.45, 7) is 10.8. The summed E-state index contributed by atoms with van der Waals surface area (Å²) in [5.74, 6) is -0.0234. The van der Waals surface area contributed by atoms with Crippen LogP contribution >= 0.6 is 15.9 Å². The molecule has 3 rings (SSSR count). The monoisotopic (exact) mass is 502 g/mol. The maximum atomic E-state index is 12.3. The van der Waals surface area contributed by atoms with E-state index in [1.165, 1.54) is 0 Å². The topological polar surface area (TPSA) is 85.4 Å². The lowest BCUT2D eigenvalue weighted by Gasteiger charge is -2.55. The fourth-order valence-electron chi connectivity index (χ4n) is 4.62. The summed E-state index contributed by atoms with van der Waals surface area (Å²) >= 11 is 3.26. The van der Waals surface area contributed by atoms with Crippen LogP contribution in [0.1, 0.15) is 43.6 Å². The number of carbonyl (C=O) groups excluding carboxylic acids is 2. The van der Waals surface area contributed by atoms with Gasteiger partial charge in [0.05, 0.1) is 25.2 Å². The number of carboxylic acid groups (broad SMARTS) is 1. The van der Waals surface area contributed by atoms with Crippen LogP contribution < -0.4 is 10.4 Å². The number of rotatable bonds is 6. The Balaban J connectivity index is 1.55. The number of benzene rings is 1. The van der Waals surface area contributed by atoms with Crippen LogP contribution in [-0.4, -0.2) is 64.0 Å². The smallest absolute Gasteiger partial charge is 0.258 e. The van der Waals surface area contributed by atoms with E-state index in [1.807, 2.05) is 52.0 Å². The molecule has 1 N–H and O–H groups in total. The van der Waals surface area contributed by atoms with Gasteiger partial charge < -0.3 is 15.2 Å². The third kappa shape index (κ3) is 5.19. The maximum Gasteiger partial charge on any atom is 0.258 e. The van der Waals surface area contributed by atoms with Gasteiger partial charge in [0.2, 0.25) is 0 Å². The molecule has 1 aliphatic rings. The third-order valence-electron chi connectivity index (χ3n) is 6.43. The molecule has 1 aromatic carbocycles. The Morgan fingerprint density at radius 1 is 1.22 bits per heavy atom.